The second-order valence-corrected chi connectivity index (χ2v) is 6.28. The maximum absolute atomic E-state index is 12.9. The molecule has 2 fully saturated rings. The lowest BCUT2D eigenvalue weighted by Crippen LogP contribution is -2.63. The number of amides is 1. The molecule has 0 radical (unpaired) electrons. The number of rotatable bonds is 1. The van der Waals surface area contributed by atoms with Crippen LogP contribution in [0.3, 0.4) is 0 Å². The van der Waals surface area contributed by atoms with Crippen molar-refractivity contribution in [3.05, 3.63) is 35.4 Å². The molecule has 1 aliphatic carbocycles. The highest BCUT2D eigenvalue weighted by Gasteiger charge is 2.42. The second kappa shape index (κ2) is 5.57. The van der Waals surface area contributed by atoms with Gasteiger partial charge in [0.15, 0.2) is 0 Å². The van der Waals surface area contributed by atoms with Crippen molar-refractivity contribution in [2.75, 3.05) is 19.6 Å². The first-order valence-corrected chi connectivity index (χ1v) is 7.81. The van der Waals surface area contributed by atoms with E-state index in [2.05, 4.69) is 17.1 Å². The minimum absolute atomic E-state index is 0.0679. The summed E-state index contributed by atoms with van der Waals surface area (Å²) < 4.78 is 0. The Bertz CT molecular complexity index is 466. The first-order valence-electron chi connectivity index (χ1n) is 7.81. The van der Waals surface area contributed by atoms with Crippen LogP contribution in [-0.4, -0.2) is 36.0 Å². The molecule has 1 aromatic rings. The van der Waals surface area contributed by atoms with Crippen molar-refractivity contribution in [2.45, 2.75) is 44.6 Å². The lowest BCUT2D eigenvalue weighted by Gasteiger charge is -2.49. The SMILES string of the molecule is Cc1ccc(C(=O)N2CCNCC23CCCCC3)cc1. The smallest absolute Gasteiger partial charge is 0.254 e. The Morgan fingerprint density at radius 2 is 1.85 bits per heavy atom. The highest BCUT2D eigenvalue weighted by molar-refractivity contribution is 5.95. The Balaban J connectivity index is 1.85. The molecule has 1 spiro atoms. The van der Waals surface area contributed by atoms with Gasteiger partial charge in [0.25, 0.3) is 5.91 Å². The summed E-state index contributed by atoms with van der Waals surface area (Å²) in [5, 5.41) is 3.50. The van der Waals surface area contributed by atoms with E-state index in [0.717, 1.165) is 38.0 Å². The fourth-order valence-corrected chi connectivity index (χ4v) is 3.67. The van der Waals surface area contributed by atoms with Gasteiger partial charge in [-0.25, -0.2) is 0 Å². The molecule has 1 N–H and O–H groups in total. The summed E-state index contributed by atoms with van der Waals surface area (Å²) in [6.45, 7) is 4.78. The van der Waals surface area contributed by atoms with Crippen molar-refractivity contribution in [2.24, 2.45) is 0 Å². The molecule has 1 aliphatic heterocycles. The number of carbonyl (C=O) groups excluding carboxylic acids is 1. The summed E-state index contributed by atoms with van der Waals surface area (Å²) in [4.78, 5) is 15.0. The highest BCUT2D eigenvalue weighted by atomic mass is 16.2. The Morgan fingerprint density at radius 3 is 2.55 bits per heavy atom. The van der Waals surface area contributed by atoms with E-state index in [-0.39, 0.29) is 11.4 Å². The molecule has 1 saturated heterocycles. The first kappa shape index (κ1) is 13.6. The third-order valence-corrected chi connectivity index (χ3v) is 4.87. The molecule has 3 heteroatoms. The summed E-state index contributed by atoms with van der Waals surface area (Å²) in [5.74, 6) is 0.216. The van der Waals surface area contributed by atoms with Crippen LogP contribution in [0, 0.1) is 6.92 Å². The van der Waals surface area contributed by atoms with Crippen LogP contribution in [0.25, 0.3) is 0 Å². The van der Waals surface area contributed by atoms with E-state index in [1.807, 2.05) is 24.3 Å². The maximum atomic E-state index is 12.9. The molecule has 3 nitrogen and oxygen atoms in total. The number of nitrogens with one attached hydrogen (secondary N) is 1. The number of aryl methyl sites for hydroxylation is 1. The summed E-state index contributed by atoms with van der Waals surface area (Å²) >= 11 is 0. The molecule has 20 heavy (non-hydrogen) atoms. The molecule has 0 atom stereocenters. The number of nitrogens with zero attached hydrogens (tertiary/aromatic N) is 1. The van der Waals surface area contributed by atoms with Gasteiger partial charge < -0.3 is 10.2 Å². The largest absolute Gasteiger partial charge is 0.330 e. The van der Waals surface area contributed by atoms with Crippen LogP contribution in [0.15, 0.2) is 24.3 Å². The molecule has 0 unspecified atom stereocenters. The lowest BCUT2D eigenvalue weighted by molar-refractivity contribution is 0.0222. The summed E-state index contributed by atoms with van der Waals surface area (Å²) in [6.07, 6.45) is 6.11. The van der Waals surface area contributed by atoms with Gasteiger partial charge >= 0.3 is 0 Å². The number of hydrogen-bond donors (Lipinski definition) is 1. The molecule has 3 rings (SSSR count). The molecule has 2 aliphatic rings. The lowest BCUT2D eigenvalue weighted by atomic mass is 9.78. The Morgan fingerprint density at radius 1 is 1.15 bits per heavy atom. The van der Waals surface area contributed by atoms with Crippen LogP contribution >= 0.6 is 0 Å². The predicted molar refractivity (Wildman–Crippen MR) is 80.9 cm³/mol. The monoisotopic (exact) mass is 272 g/mol. The van der Waals surface area contributed by atoms with Gasteiger partial charge in [0.1, 0.15) is 0 Å². The molecule has 1 heterocycles. The summed E-state index contributed by atoms with van der Waals surface area (Å²) in [7, 11) is 0. The Hall–Kier alpha value is -1.35. The number of benzene rings is 1. The third kappa shape index (κ3) is 2.47. The molecule has 108 valence electrons. The zero-order valence-corrected chi connectivity index (χ0v) is 12.3. The van der Waals surface area contributed by atoms with E-state index in [9.17, 15) is 4.79 Å². The van der Waals surface area contributed by atoms with Crippen LogP contribution in [-0.2, 0) is 0 Å². The van der Waals surface area contributed by atoms with Gasteiger partial charge in [0, 0.05) is 25.2 Å². The normalized spacial score (nSPS) is 21.9. The van der Waals surface area contributed by atoms with Crippen molar-refractivity contribution in [1.82, 2.24) is 10.2 Å². The third-order valence-electron chi connectivity index (χ3n) is 4.87. The zero-order valence-electron chi connectivity index (χ0n) is 12.3. The first-order chi connectivity index (χ1) is 9.71. The van der Waals surface area contributed by atoms with E-state index >= 15 is 0 Å². The number of hydrogen-bond acceptors (Lipinski definition) is 2. The Labute approximate surface area is 121 Å². The van der Waals surface area contributed by atoms with Crippen molar-refractivity contribution >= 4 is 5.91 Å². The molecule has 1 amide bonds. The van der Waals surface area contributed by atoms with Gasteiger partial charge in [-0.3, -0.25) is 4.79 Å². The quantitative estimate of drug-likeness (QED) is 0.852. The van der Waals surface area contributed by atoms with Gasteiger partial charge in [-0.15, -0.1) is 0 Å². The van der Waals surface area contributed by atoms with Gasteiger partial charge in [0.05, 0.1) is 5.54 Å². The average Bonchev–Trinajstić information content (AvgIpc) is 2.49. The zero-order chi connectivity index (χ0) is 14.0. The van der Waals surface area contributed by atoms with E-state index in [1.165, 1.54) is 24.8 Å². The summed E-state index contributed by atoms with van der Waals surface area (Å²) in [6, 6.07) is 8.00. The van der Waals surface area contributed by atoms with Crippen LogP contribution in [0.1, 0.15) is 48.0 Å². The molecule has 0 bridgehead atoms. The summed E-state index contributed by atoms with van der Waals surface area (Å²) in [5.41, 5.74) is 2.11. The van der Waals surface area contributed by atoms with E-state index in [0.29, 0.717) is 0 Å². The molecular formula is C17H24N2O. The topological polar surface area (TPSA) is 32.3 Å². The van der Waals surface area contributed by atoms with Gasteiger partial charge in [-0.05, 0) is 31.9 Å². The van der Waals surface area contributed by atoms with Crippen molar-refractivity contribution < 1.29 is 4.79 Å². The van der Waals surface area contributed by atoms with Crippen LogP contribution < -0.4 is 5.32 Å². The van der Waals surface area contributed by atoms with Gasteiger partial charge in [-0.1, -0.05) is 37.0 Å². The molecule has 1 saturated carbocycles. The maximum Gasteiger partial charge on any atom is 0.254 e. The van der Waals surface area contributed by atoms with Gasteiger partial charge in [-0.2, -0.15) is 0 Å². The standard InChI is InChI=1S/C17H24N2O/c1-14-5-7-15(8-6-14)16(20)19-12-11-18-13-17(19)9-3-2-4-10-17/h5-8,18H,2-4,9-13H2,1H3. The molecular weight excluding hydrogens is 248 g/mol. The van der Waals surface area contributed by atoms with E-state index in [4.69, 9.17) is 0 Å². The molecule has 0 aromatic heterocycles. The van der Waals surface area contributed by atoms with Crippen LogP contribution in [0.5, 0.6) is 0 Å². The van der Waals surface area contributed by atoms with E-state index in [1.54, 1.807) is 0 Å². The number of piperazine rings is 1. The Kier molecular flexibility index (Phi) is 3.79. The predicted octanol–water partition coefficient (Wildman–Crippen LogP) is 2.74. The molecule has 1 aromatic carbocycles. The van der Waals surface area contributed by atoms with Crippen LogP contribution in [0.4, 0.5) is 0 Å². The fraction of sp³-hybridized carbons (Fsp3) is 0.588. The minimum Gasteiger partial charge on any atom is -0.330 e. The minimum atomic E-state index is 0.0679. The highest BCUT2D eigenvalue weighted by Crippen LogP contribution is 2.35. The second-order valence-electron chi connectivity index (χ2n) is 6.28. The van der Waals surface area contributed by atoms with E-state index < -0.39 is 0 Å². The average molecular weight is 272 g/mol. The van der Waals surface area contributed by atoms with Crippen molar-refractivity contribution in [3.63, 3.8) is 0 Å². The number of carbonyl (C=O) groups is 1. The fourth-order valence-electron chi connectivity index (χ4n) is 3.67. The van der Waals surface area contributed by atoms with Crippen molar-refractivity contribution in [3.8, 4) is 0 Å². The van der Waals surface area contributed by atoms with Crippen LogP contribution in [0.2, 0.25) is 0 Å². The van der Waals surface area contributed by atoms with Crippen molar-refractivity contribution in [1.29, 1.82) is 0 Å². The van der Waals surface area contributed by atoms with Gasteiger partial charge in [0.2, 0.25) is 0 Å².